The van der Waals surface area contributed by atoms with Gasteiger partial charge in [0.15, 0.2) is 11.5 Å². The Morgan fingerprint density at radius 2 is 1.86 bits per heavy atom. The molecule has 3 N–H and O–H groups in total. The van der Waals surface area contributed by atoms with Crippen LogP contribution >= 0.6 is 15.9 Å². The van der Waals surface area contributed by atoms with E-state index in [0.717, 1.165) is 4.47 Å². The Morgan fingerprint density at radius 3 is 2.36 bits per heavy atom. The molecule has 0 heterocycles. The SMILES string of the molecule is CCOc1cc(Br)c(NC(=O)CC(CN)OC)cc1OCC. The van der Waals surface area contributed by atoms with Crippen LogP contribution in [0.1, 0.15) is 20.3 Å². The van der Waals surface area contributed by atoms with Crippen molar-refractivity contribution in [1.29, 1.82) is 0 Å². The second-order valence-electron chi connectivity index (χ2n) is 4.49. The average Bonchev–Trinajstić information content (AvgIpc) is 2.49. The van der Waals surface area contributed by atoms with Gasteiger partial charge in [0.2, 0.25) is 5.91 Å². The maximum atomic E-state index is 12.0. The highest BCUT2D eigenvalue weighted by atomic mass is 79.9. The van der Waals surface area contributed by atoms with Gasteiger partial charge >= 0.3 is 0 Å². The van der Waals surface area contributed by atoms with Gasteiger partial charge in [-0.2, -0.15) is 0 Å². The normalized spacial score (nSPS) is 11.9. The minimum absolute atomic E-state index is 0.176. The third kappa shape index (κ3) is 5.47. The van der Waals surface area contributed by atoms with Crippen LogP contribution in [0.15, 0.2) is 16.6 Å². The van der Waals surface area contributed by atoms with Crippen LogP contribution in [0.2, 0.25) is 0 Å². The van der Waals surface area contributed by atoms with E-state index in [2.05, 4.69) is 21.2 Å². The van der Waals surface area contributed by atoms with E-state index in [1.807, 2.05) is 13.8 Å². The molecule has 6 nitrogen and oxygen atoms in total. The Kier molecular flexibility index (Phi) is 8.22. The van der Waals surface area contributed by atoms with Gasteiger partial charge in [-0.1, -0.05) is 0 Å². The first-order valence-corrected chi connectivity index (χ1v) is 7.96. The van der Waals surface area contributed by atoms with Crippen LogP contribution in [0.25, 0.3) is 0 Å². The lowest BCUT2D eigenvalue weighted by Crippen LogP contribution is -2.28. The maximum absolute atomic E-state index is 12.0. The summed E-state index contributed by atoms with van der Waals surface area (Å²) in [6.45, 7) is 5.12. The molecule has 7 heteroatoms. The summed E-state index contributed by atoms with van der Waals surface area (Å²) in [5.41, 5.74) is 6.14. The Morgan fingerprint density at radius 1 is 1.27 bits per heavy atom. The number of benzene rings is 1. The summed E-state index contributed by atoms with van der Waals surface area (Å²) in [7, 11) is 1.53. The van der Waals surface area contributed by atoms with Crippen LogP contribution in [0.5, 0.6) is 11.5 Å². The first-order valence-electron chi connectivity index (χ1n) is 7.17. The molecule has 0 aliphatic carbocycles. The van der Waals surface area contributed by atoms with Gasteiger partial charge < -0.3 is 25.3 Å². The minimum atomic E-state index is -0.298. The van der Waals surface area contributed by atoms with Gasteiger partial charge in [0.1, 0.15) is 0 Å². The number of nitrogens with two attached hydrogens (primary N) is 1. The summed E-state index contributed by atoms with van der Waals surface area (Å²) >= 11 is 3.43. The predicted octanol–water partition coefficient (Wildman–Crippen LogP) is 2.55. The number of rotatable bonds is 9. The highest BCUT2D eigenvalue weighted by molar-refractivity contribution is 9.10. The molecule has 1 unspecified atom stereocenters. The molecular weight excluding hydrogens is 352 g/mol. The third-order valence-electron chi connectivity index (χ3n) is 2.92. The third-order valence-corrected chi connectivity index (χ3v) is 3.57. The fourth-order valence-electron chi connectivity index (χ4n) is 1.84. The van der Waals surface area contributed by atoms with Crippen molar-refractivity contribution in [2.24, 2.45) is 5.73 Å². The summed E-state index contributed by atoms with van der Waals surface area (Å²) in [5.74, 6) is 1.04. The predicted molar refractivity (Wildman–Crippen MR) is 89.6 cm³/mol. The van der Waals surface area contributed by atoms with Gasteiger partial charge in [0, 0.05) is 30.3 Å². The summed E-state index contributed by atoms with van der Waals surface area (Å²) in [4.78, 5) is 12.0. The van der Waals surface area contributed by atoms with Crippen molar-refractivity contribution in [3.8, 4) is 11.5 Å². The van der Waals surface area contributed by atoms with Gasteiger partial charge in [-0.05, 0) is 29.8 Å². The smallest absolute Gasteiger partial charge is 0.227 e. The summed E-state index contributed by atoms with van der Waals surface area (Å²) in [6.07, 6.45) is -0.107. The van der Waals surface area contributed by atoms with E-state index < -0.39 is 0 Å². The second-order valence-corrected chi connectivity index (χ2v) is 5.34. The van der Waals surface area contributed by atoms with Crippen molar-refractivity contribution < 1.29 is 19.0 Å². The van der Waals surface area contributed by atoms with E-state index in [0.29, 0.717) is 36.9 Å². The van der Waals surface area contributed by atoms with Crippen molar-refractivity contribution in [3.05, 3.63) is 16.6 Å². The quantitative estimate of drug-likeness (QED) is 0.693. The van der Waals surface area contributed by atoms with Gasteiger partial charge in [-0.25, -0.2) is 0 Å². The molecule has 1 atom stereocenters. The molecule has 22 heavy (non-hydrogen) atoms. The number of ether oxygens (including phenoxy) is 3. The number of halogens is 1. The number of carbonyl (C=O) groups excluding carboxylic acids is 1. The molecule has 0 aliphatic rings. The standard InChI is InChI=1S/C15H23BrN2O4/c1-4-21-13-7-11(16)12(8-14(13)22-5-2)18-15(19)6-10(9-17)20-3/h7-8,10H,4-6,9,17H2,1-3H3,(H,18,19). The van der Waals surface area contributed by atoms with Crippen LogP contribution in [0.4, 0.5) is 5.69 Å². The van der Waals surface area contributed by atoms with Crippen LogP contribution in [-0.4, -0.2) is 38.9 Å². The molecule has 0 saturated heterocycles. The molecule has 0 bridgehead atoms. The topological polar surface area (TPSA) is 82.8 Å². The molecule has 0 aromatic heterocycles. The minimum Gasteiger partial charge on any atom is -0.490 e. The van der Waals surface area contributed by atoms with Gasteiger partial charge in [0.25, 0.3) is 0 Å². The van der Waals surface area contributed by atoms with Crippen molar-refractivity contribution in [2.45, 2.75) is 26.4 Å². The average molecular weight is 375 g/mol. The second kappa shape index (κ2) is 9.66. The Hall–Kier alpha value is -1.31. The van der Waals surface area contributed by atoms with E-state index in [1.54, 1.807) is 12.1 Å². The highest BCUT2D eigenvalue weighted by Crippen LogP contribution is 2.36. The molecule has 0 fully saturated rings. The van der Waals surface area contributed by atoms with Crippen molar-refractivity contribution >= 4 is 27.5 Å². The molecule has 1 aromatic carbocycles. The number of nitrogens with one attached hydrogen (secondary N) is 1. The van der Waals surface area contributed by atoms with E-state index >= 15 is 0 Å². The van der Waals surface area contributed by atoms with Crippen molar-refractivity contribution in [3.63, 3.8) is 0 Å². The molecule has 1 amide bonds. The lowest BCUT2D eigenvalue weighted by atomic mass is 10.2. The molecule has 124 valence electrons. The molecule has 0 spiro atoms. The largest absolute Gasteiger partial charge is 0.490 e. The Balaban J connectivity index is 2.89. The van der Waals surface area contributed by atoms with Crippen LogP contribution in [-0.2, 0) is 9.53 Å². The maximum Gasteiger partial charge on any atom is 0.227 e. The van der Waals surface area contributed by atoms with Crippen molar-refractivity contribution in [2.75, 3.05) is 32.2 Å². The first kappa shape index (κ1) is 18.7. The lowest BCUT2D eigenvalue weighted by Gasteiger charge is -2.16. The summed E-state index contributed by atoms with van der Waals surface area (Å²) in [6, 6.07) is 3.52. The molecule has 1 rings (SSSR count). The number of amides is 1. The Bertz CT molecular complexity index is 493. The Labute approximate surface area is 139 Å². The highest BCUT2D eigenvalue weighted by Gasteiger charge is 2.15. The first-order chi connectivity index (χ1) is 10.5. The number of hydrogen-bond donors (Lipinski definition) is 2. The molecule has 0 aliphatic heterocycles. The van der Waals surface area contributed by atoms with E-state index in [9.17, 15) is 4.79 Å². The monoisotopic (exact) mass is 374 g/mol. The fourth-order valence-corrected chi connectivity index (χ4v) is 2.26. The number of hydrogen-bond acceptors (Lipinski definition) is 5. The zero-order valence-corrected chi connectivity index (χ0v) is 14.7. The molecule has 0 saturated carbocycles. The number of methoxy groups -OCH3 is 1. The van der Waals surface area contributed by atoms with Gasteiger partial charge in [-0.15, -0.1) is 0 Å². The molecular formula is C15H23BrN2O4. The number of anilines is 1. The van der Waals surface area contributed by atoms with E-state index in [-0.39, 0.29) is 18.4 Å². The van der Waals surface area contributed by atoms with Crippen molar-refractivity contribution in [1.82, 2.24) is 0 Å². The molecule has 1 aromatic rings. The van der Waals surface area contributed by atoms with Crippen LogP contribution in [0.3, 0.4) is 0 Å². The lowest BCUT2D eigenvalue weighted by molar-refractivity contribution is -0.118. The van der Waals surface area contributed by atoms with Crippen LogP contribution < -0.4 is 20.5 Å². The number of carbonyl (C=O) groups is 1. The fraction of sp³-hybridized carbons (Fsp3) is 0.533. The van der Waals surface area contributed by atoms with Crippen LogP contribution in [0, 0.1) is 0 Å². The molecule has 0 radical (unpaired) electrons. The van der Waals surface area contributed by atoms with Gasteiger partial charge in [0.05, 0.1) is 31.4 Å². The zero-order chi connectivity index (χ0) is 16.5. The summed E-state index contributed by atoms with van der Waals surface area (Å²) < 4.78 is 16.9. The zero-order valence-electron chi connectivity index (χ0n) is 13.1. The summed E-state index contributed by atoms with van der Waals surface area (Å²) in [5, 5.41) is 2.82. The van der Waals surface area contributed by atoms with Gasteiger partial charge in [-0.3, -0.25) is 4.79 Å². The van der Waals surface area contributed by atoms with E-state index in [4.69, 9.17) is 19.9 Å². The van der Waals surface area contributed by atoms with E-state index in [1.165, 1.54) is 7.11 Å².